The van der Waals surface area contributed by atoms with Gasteiger partial charge >= 0.3 is 0 Å². The molecule has 1 saturated heterocycles. The fourth-order valence-electron chi connectivity index (χ4n) is 2.93. The number of methoxy groups -OCH3 is 1. The summed E-state index contributed by atoms with van der Waals surface area (Å²) in [5.74, 6) is 1.80. The molecule has 24 heavy (non-hydrogen) atoms. The van der Waals surface area contributed by atoms with Crippen molar-refractivity contribution in [3.63, 3.8) is 0 Å². The van der Waals surface area contributed by atoms with E-state index in [0.29, 0.717) is 0 Å². The second kappa shape index (κ2) is 8.40. The minimum atomic E-state index is -0.174. The Balaban J connectivity index is 1.44. The summed E-state index contributed by atoms with van der Waals surface area (Å²) >= 11 is 1.78. The number of piperazine rings is 1. The highest BCUT2D eigenvalue weighted by Gasteiger charge is 2.19. The van der Waals surface area contributed by atoms with E-state index >= 15 is 0 Å². The first-order valence-electron chi connectivity index (χ1n) is 8.25. The number of ether oxygens (including phenoxy) is 1. The number of hydrogen-bond donors (Lipinski definition) is 0. The highest BCUT2D eigenvalue weighted by molar-refractivity contribution is 7.99. The van der Waals surface area contributed by atoms with Crippen molar-refractivity contribution in [3.8, 4) is 5.75 Å². The molecule has 0 spiro atoms. The molecular formula is C19H23FN2OS. The van der Waals surface area contributed by atoms with Crippen LogP contribution >= 0.6 is 11.8 Å². The minimum absolute atomic E-state index is 0.174. The lowest BCUT2D eigenvalue weighted by molar-refractivity contribution is 0.272. The van der Waals surface area contributed by atoms with E-state index in [9.17, 15) is 4.39 Å². The summed E-state index contributed by atoms with van der Waals surface area (Å²) < 4.78 is 18.4. The van der Waals surface area contributed by atoms with Crippen LogP contribution in [0.15, 0.2) is 53.4 Å². The van der Waals surface area contributed by atoms with Crippen LogP contribution in [0.3, 0.4) is 0 Å². The summed E-state index contributed by atoms with van der Waals surface area (Å²) in [7, 11) is 1.72. The number of benzene rings is 2. The van der Waals surface area contributed by atoms with Gasteiger partial charge in [-0.05, 0) is 36.4 Å². The molecule has 0 bridgehead atoms. The molecule has 2 aromatic carbocycles. The second-order valence-corrected chi connectivity index (χ2v) is 6.97. The molecule has 128 valence electrons. The Kier molecular flexibility index (Phi) is 5.99. The molecule has 1 aliphatic heterocycles. The maximum absolute atomic E-state index is 12.9. The first-order chi connectivity index (χ1) is 11.8. The van der Waals surface area contributed by atoms with Gasteiger partial charge in [0.25, 0.3) is 0 Å². The fourth-order valence-corrected chi connectivity index (χ4v) is 3.84. The van der Waals surface area contributed by atoms with Gasteiger partial charge in [-0.25, -0.2) is 4.39 Å². The largest absolute Gasteiger partial charge is 0.495 e. The van der Waals surface area contributed by atoms with Crippen LogP contribution in [0.2, 0.25) is 0 Å². The predicted octanol–water partition coefficient (Wildman–Crippen LogP) is 3.75. The number of rotatable bonds is 6. The fraction of sp³-hybridized carbons (Fsp3) is 0.368. The zero-order chi connectivity index (χ0) is 16.8. The summed E-state index contributed by atoms with van der Waals surface area (Å²) in [6, 6.07) is 14.9. The van der Waals surface area contributed by atoms with Gasteiger partial charge in [0, 0.05) is 43.4 Å². The van der Waals surface area contributed by atoms with Gasteiger partial charge in [-0.2, -0.15) is 0 Å². The van der Waals surface area contributed by atoms with Crippen LogP contribution in [0.5, 0.6) is 5.75 Å². The van der Waals surface area contributed by atoms with Gasteiger partial charge in [-0.1, -0.05) is 12.1 Å². The van der Waals surface area contributed by atoms with Crippen molar-refractivity contribution in [3.05, 3.63) is 54.3 Å². The van der Waals surface area contributed by atoms with Gasteiger partial charge in [-0.15, -0.1) is 11.8 Å². The molecule has 0 atom stereocenters. The zero-order valence-corrected chi connectivity index (χ0v) is 14.8. The predicted molar refractivity (Wildman–Crippen MR) is 98.8 cm³/mol. The minimum Gasteiger partial charge on any atom is -0.495 e. The molecule has 0 radical (unpaired) electrons. The Labute approximate surface area is 147 Å². The van der Waals surface area contributed by atoms with Crippen molar-refractivity contribution >= 4 is 17.4 Å². The molecule has 1 fully saturated rings. The Hall–Kier alpha value is -1.72. The van der Waals surface area contributed by atoms with Crippen LogP contribution in [-0.2, 0) is 0 Å². The van der Waals surface area contributed by atoms with Crippen molar-refractivity contribution in [2.75, 3.05) is 50.5 Å². The summed E-state index contributed by atoms with van der Waals surface area (Å²) in [6.07, 6.45) is 0. The number of nitrogens with zero attached hydrogens (tertiary/aromatic N) is 2. The molecule has 3 rings (SSSR count). The number of anilines is 1. The van der Waals surface area contributed by atoms with E-state index in [1.165, 1.54) is 17.8 Å². The molecule has 3 nitrogen and oxygen atoms in total. The molecule has 0 unspecified atom stereocenters. The number of hydrogen-bond acceptors (Lipinski definition) is 4. The first-order valence-corrected chi connectivity index (χ1v) is 9.23. The standard InChI is InChI=1S/C19H23FN2OS/c1-23-19-5-3-2-4-18(19)22-12-10-21(11-13-22)14-15-24-17-8-6-16(20)7-9-17/h2-9H,10-15H2,1H3. The van der Waals surface area contributed by atoms with Gasteiger partial charge in [0.05, 0.1) is 12.8 Å². The number of para-hydroxylation sites is 2. The molecule has 0 N–H and O–H groups in total. The quantitative estimate of drug-likeness (QED) is 0.740. The third kappa shape index (κ3) is 4.42. The smallest absolute Gasteiger partial charge is 0.142 e. The average Bonchev–Trinajstić information content (AvgIpc) is 2.64. The Morgan fingerprint density at radius 1 is 1.00 bits per heavy atom. The molecule has 1 heterocycles. The molecule has 1 aliphatic rings. The Morgan fingerprint density at radius 2 is 1.71 bits per heavy atom. The third-order valence-electron chi connectivity index (χ3n) is 4.29. The molecular weight excluding hydrogens is 323 g/mol. The van der Waals surface area contributed by atoms with Gasteiger partial charge in [0.1, 0.15) is 11.6 Å². The SMILES string of the molecule is COc1ccccc1N1CCN(CCSc2ccc(F)cc2)CC1. The third-order valence-corrected chi connectivity index (χ3v) is 5.28. The maximum atomic E-state index is 12.9. The molecule has 0 aromatic heterocycles. The average molecular weight is 346 g/mol. The second-order valence-electron chi connectivity index (χ2n) is 5.80. The van der Waals surface area contributed by atoms with Crippen molar-refractivity contribution in [1.82, 2.24) is 4.90 Å². The number of halogens is 1. The highest BCUT2D eigenvalue weighted by atomic mass is 32.2. The summed E-state index contributed by atoms with van der Waals surface area (Å²) in [5.41, 5.74) is 1.18. The van der Waals surface area contributed by atoms with Crippen molar-refractivity contribution in [2.24, 2.45) is 0 Å². The van der Waals surface area contributed by atoms with Crippen molar-refractivity contribution in [1.29, 1.82) is 0 Å². The van der Waals surface area contributed by atoms with Crippen LogP contribution in [-0.4, -0.2) is 50.5 Å². The summed E-state index contributed by atoms with van der Waals surface area (Å²) in [5, 5.41) is 0. The lowest BCUT2D eigenvalue weighted by atomic mass is 10.2. The van der Waals surface area contributed by atoms with Crippen LogP contribution in [0.1, 0.15) is 0 Å². The molecule has 2 aromatic rings. The van der Waals surface area contributed by atoms with Crippen molar-refractivity contribution in [2.45, 2.75) is 4.90 Å². The van der Waals surface area contributed by atoms with Crippen LogP contribution in [0.4, 0.5) is 10.1 Å². The van der Waals surface area contributed by atoms with E-state index in [1.54, 1.807) is 18.9 Å². The van der Waals surface area contributed by atoms with E-state index in [2.05, 4.69) is 21.9 Å². The highest BCUT2D eigenvalue weighted by Crippen LogP contribution is 2.28. The first kappa shape index (κ1) is 17.1. The normalized spacial score (nSPS) is 15.5. The Bertz CT molecular complexity index is 642. The van der Waals surface area contributed by atoms with E-state index < -0.39 is 0 Å². The molecule has 0 aliphatic carbocycles. The van der Waals surface area contributed by atoms with Crippen molar-refractivity contribution < 1.29 is 9.13 Å². The van der Waals surface area contributed by atoms with Gasteiger partial charge in [-0.3, -0.25) is 4.90 Å². The van der Waals surface area contributed by atoms with Gasteiger partial charge in [0.15, 0.2) is 0 Å². The number of thioether (sulfide) groups is 1. The van der Waals surface area contributed by atoms with Gasteiger partial charge < -0.3 is 9.64 Å². The van der Waals surface area contributed by atoms with Crippen LogP contribution < -0.4 is 9.64 Å². The summed E-state index contributed by atoms with van der Waals surface area (Å²) in [4.78, 5) is 6.01. The molecule has 5 heteroatoms. The van der Waals surface area contributed by atoms with E-state index in [1.807, 2.05) is 24.3 Å². The summed E-state index contributed by atoms with van der Waals surface area (Å²) in [6.45, 7) is 5.20. The van der Waals surface area contributed by atoms with Gasteiger partial charge in [0.2, 0.25) is 0 Å². The maximum Gasteiger partial charge on any atom is 0.142 e. The van der Waals surface area contributed by atoms with Crippen LogP contribution in [0, 0.1) is 5.82 Å². The topological polar surface area (TPSA) is 15.7 Å². The van der Waals surface area contributed by atoms with E-state index in [4.69, 9.17) is 4.74 Å². The zero-order valence-electron chi connectivity index (χ0n) is 14.0. The Morgan fingerprint density at radius 3 is 2.42 bits per heavy atom. The lowest BCUT2D eigenvalue weighted by Gasteiger charge is -2.36. The monoisotopic (exact) mass is 346 g/mol. The van der Waals surface area contributed by atoms with E-state index in [-0.39, 0.29) is 5.82 Å². The molecule has 0 saturated carbocycles. The van der Waals surface area contributed by atoms with Crippen LogP contribution in [0.25, 0.3) is 0 Å². The lowest BCUT2D eigenvalue weighted by Crippen LogP contribution is -2.47. The van der Waals surface area contributed by atoms with E-state index in [0.717, 1.165) is 49.1 Å². The molecule has 0 amide bonds.